The van der Waals surface area contributed by atoms with Gasteiger partial charge in [0.05, 0.1) is 6.61 Å². The predicted molar refractivity (Wildman–Crippen MR) is 115 cm³/mol. The molecule has 0 heterocycles. The molecule has 1 amide bonds. The highest BCUT2D eigenvalue weighted by Crippen LogP contribution is 2.20. The van der Waals surface area contributed by atoms with Crippen molar-refractivity contribution >= 4 is 11.9 Å². The summed E-state index contributed by atoms with van der Waals surface area (Å²) >= 11 is 0. The van der Waals surface area contributed by atoms with E-state index in [1.54, 1.807) is 27.3 Å². The van der Waals surface area contributed by atoms with Gasteiger partial charge in [-0.2, -0.15) is 0 Å². The summed E-state index contributed by atoms with van der Waals surface area (Å²) < 4.78 is 10.9. The van der Waals surface area contributed by atoms with Crippen LogP contribution in [0.25, 0.3) is 0 Å². The van der Waals surface area contributed by atoms with Gasteiger partial charge in [-0.3, -0.25) is 9.79 Å². The van der Waals surface area contributed by atoms with E-state index in [2.05, 4.69) is 27.0 Å². The van der Waals surface area contributed by atoms with Gasteiger partial charge in [-0.25, -0.2) is 0 Å². The molecule has 2 rings (SSSR count). The molecule has 0 aromatic heterocycles. The SMILES string of the molecule is CN=C(NCc1cccc(C(=O)NC)c1)NCc1ccc(C)cc1OCCOC. The third-order valence-electron chi connectivity index (χ3n) is 4.31. The summed E-state index contributed by atoms with van der Waals surface area (Å²) in [5.74, 6) is 1.40. The Morgan fingerprint density at radius 3 is 2.59 bits per heavy atom. The molecule has 2 aromatic carbocycles. The fourth-order valence-corrected chi connectivity index (χ4v) is 2.73. The maximum Gasteiger partial charge on any atom is 0.251 e. The molecule has 0 aliphatic rings. The Hall–Kier alpha value is -3.06. The van der Waals surface area contributed by atoms with Crippen molar-refractivity contribution in [2.45, 2.75) is 20.0 Å². The van der Waals surface area contributed by atoms with Crippen LogP contribution in [0.1, 0.15) is 27.0 Å². The van der Waals surface area contributed by atoms with Crippen LogP contribution in [0.5, 0.6) is 5.75 Å². The first-order valence-corrected chi connectivity index (χ1v) is 9.54. The van der Waals surface area contributed by atoms with Gasteiger partial charge in [-0.1, -0.05) is 24.3 Å². The van der Waals surface area contributed by atoms with Crippen molar-refractivity contribution in [3.63, 3.8) is 0 Å². The van der Waals surface area contributed by atoms with E-state index < -0.39 is 0 Å². The van der Waals surface area contributed by atoms with Crippen LogP contribution < -0.4 is 20.7 Å². The number of nitrogens with one attached hydrogen (secondary N) is 3. The smallest absolute Gasteiger partial charge is 0.251 e. The highest BCUT2D eigenvalue weighted by molar-refractivity contribution is 5.94. The number of carbonyl (C=O) groups excluding carboxylic acids is 1. The number of nitrogens with zero attached hydrogens (tertiary/aromatic N) is 1. The van der Waals surface area contributed by atoms with Crippen LogP contribution in [0.2, 0.25) is 0 Å². The zero-order chi connectivity index (χ0) is 21.1. The summed E-state index contributed by atoms with van der Waals surface area (Å²) in [4.78, 5) is 16.1. The average Bonchev–Trinajstić information content (AvgIpc) is 2.74. The summed E-state index contributed by atoms with van der Waals surface area (Å²) in [6.07, 6.45) is 0. The van der Waals surface area contributed by atoms with Crippen LogP contribution in [0.3, 0.4) is 0 Å². The van der Waals surface area contributed by atoms with Crippen LogP contribution in [-0.4, -0.2) is 46.3 Å². The lowest BCUT2D eigenvalue weighted by Crippen LogP contribution is -2.36. The third kappa shape index (κ3) is 7.12. The fourth-order valence-electron chi connectivity index (χ4n) is 2.73. The third-order valence-corrected chi connectivity index (χ3v) is 4.31. The van der Waals surface area contributed by atoms with Crippen molar-refractivity contribution in [3.05, 3.63) is 64.7 Å². The van der Waals surface area contributed by atoms with Gasteiger partial charge in [0.2, 0.25) is 0 Å². The van der Waals surface area contributed by atoms with E-state index in [0.29, 0.717) is 37.8 Å². The van der Waals surface area contributed by atoms with Crippen molar-refractivity contribution in [1.29, 1.82) is 0 Å². The number of hydrogen-bond donors (Lipinski definition) is 3. The number of rotatable bonds is 9. The molecule has 0 unspecified atom stereocenters. The van der Waals surface area contributed by atoms with Gasteiger partial charge in [0, 0.05) is 45.4 Å². The summed E-state index contributed by atoms with van der Waals surface area (Å²) in [5, 5.41) is 9.21. The molecule has 7 heteroatoms. The Bertz CT molecular complexity index is 837. The second kappa shape index (κ2) is 11.7. The first-order chi connectivity index (χ1) is 14.1. The van der Waals surface area contributed by atoms with Crippen molar-refractivity contribution in [3.8, 4) is 5.75 Å². The van der Waals surface area contributed by atoms with Crippen LogP contribution in [0, 0.1) is 6.92 Å². The molecule has 0 fully saturated rings. The number of aliphatic imine (C=N–C) groups is 1. The second-order valence-corrected chi connectivity index (χ2v) is 6.51. The quantitative estimate of drug-likeness (QED) is 0.343. The molecule has 3 N–H and O–H groups in total. The van der Waals surface area contributed by atoms with E-state index in [1.807, 2.05) is 37.3 Å². The van der Waals surface area contributed by atoms with E-state index in [1.165, 1.54) is 0 Å². The van der Waals surface area contributed by atoms with Gasteiger partial charge < -0.3 is 25.4 Å². The topological polar surface area (TPSA) is 84.0 Å². The lowest BCUT2D eigenvalue weighted by Gasteiger charge is -2.15. The van der Waals surface area contributed by atoms with Crippen molar-refractivity contribution in [2.24, 2.45) is 4.99 Å². The van der Waals surface area contributed by atoms with Gasteiger partial charge in [0.1, 0.15) is 12.4 Å². The standard InChI is InChI=1S/C22H30N4O3/c1-16-8-9-19(20(12-16)29-11-10-28-4)15-26-22(24-3)25-14-17-6-5-7-18(13-17)21(27)23-2/h5-9,12-13H,10-11,14-15H2,1-4H3,(H,23,27)(H2,24,25,26). The van der Waals surface area contributed by atoms with Gasteiger partial charge in [-0.15, -0.1) is 0 Å². The highest BCUT2D eigenvalue weighted by atomic mass is 16.5. The second-order valence-electron chi connectivity index (χ2n) is 6.51. The Labute approximate surface area is 172 Å². The highest BCUT2D eigenvalue weighted by Gasteiger charge is 2.07. The van der Waals surface area contributed by atoms with Gasteiger partial charge in [0.25, 0.3) is 5.91 Å². The van der Waals surface area contributed by atoms with Crippen molar-refractivity contribution in [2.75, 3.05) is 34.4 Å². The number of methoxy groups -OCH3 is 1. The minimum atomic E-state index is -0.102. The van der Waals surface area contributed by atoms with Gasteiger partial charge in [0.15, 0.2) is 5.96 Å². The van der Waals surface area contributed by atoms with Gasteiger partial charge >= 0.3 is 0 Å². The van der Waals surface area contributed by atoms with E-state index >= 15 is 0 Å². The molecule has 0 saturated carbocycles. The van der Waals surface area contributed by atoms with Crippen molar-refractivity contribution in [1.82, 2.24) is 16.0 Å². The van der Waals surface area contributed by atoms with Crippen molar-refractivity contribution < 1.29 is 14.3 Å². The summed E-state index contributed by atoms with van der Waals surface area (Å²) in [6, 6.07) is 13.6. The molecule has 7 nitrogen and oxygen atoms in total. The molecule has 0 bridgehead atoms. The average molecular weight is 399 g/mol. The summed E-state index contributed by atoms with van der Waals surface area (Å²) in [6.45, 7) is 4.20. The van der Waals surface area contributed by atoms with Crippen LogP contribution >= 0.6 is 0 Å². The predicted octanol–water partition coefficient (Wildman–Crippen LogP) is 2.25. The van der Waals surface area contributed by atoms with Crippen LogP contribution in [0.4, 0.5) is 0 Å². The Morgan fingerprint density at radius 2 is 1.86 bits per heavy atom. The molecule has 0 radical (unpaired) electrons. The summed E-state index contributed by atoms with van der Waals surface area (Å²) in [5.41, 5.74) is 3.80. The minimum absolute atomic E-state index is 0.102. The first-order valence-electron chi connectivity index (χ1n) is 9.54. The molecule has 2 aromatic rings. The number of hydrogen-bond acceptors (Lipinski definition) is 4. The molecule has 0 aliphatic carbocycles. The zero-order valence-electron chi connectivity index (χ0n) is 17.5. The number of amides is 1. The fraction of sp³-hybridized carbons (Fsp3) is 0.364. The largest absolute Gasteiger partial charge is 0.491 e. The lowest BCUT2D eigenvalue weighted by molar-refractivity contribution is 0.0963. The van der Waals surface area contributed by atoms with E-state index in [4.69, 9.17) is 9.47 Å². The molecule has 0 saturated heterocycles. The van der Waals surface area contributed by atoms with Gasteiger partial charge in [-0.05, 0) is 36.2 Å². The molecule has 0 atom stereocenters. The molecular formula is C22H30N4O3. The van der Waals surface area contributed by atoms with Crippen LogP contribution in [-0.2, 0) is 17.8 Å². The van der Waals surface area contributed by atoms with E-state index in [0.717, 1.165) is 22.4 Å². The molecule has 156 valence electrons. The Morgan fingerprint density at radius 1 is 1.07 bits per heavy atom. The lowest BCUT2D eigenvalue weighted by atomic mass is 10.1. The summed E-state index contributed by atoms with van der Waals surface area (Å²) in [7, 11) is 5.00. The number of guanidine groups is 1. The Kier molecular flexibility index (Phi) is 8.98. The monoisotopic (exact) mass is 398 g/mol. The molecule has 0 aliphatic heterocycles. The van der Waals surface area contributed by atoms with E-state index in [-0.39, 0.29) is 5.91 Å². The molecule has 0 spiro atoms. The maximum absolute atomic E-state index is 11.8. The Balaban J connectivity index is 1.95. The number of aryl methyl sites for hydroxylation is 1. The zero-order valence-corrected chi connectivity index (χ0v) is 17.5. The van der Waals surface area contributed by atoms with E-state index in [9.17, 15) is 4.79 Å². The number of carbonyl (C=O) groups is 1. The normalized spacial score (nSPS) is 11.1. The van der Waals surface area contributed by atoms with Crippen LogP contribution in [0.15, 0.2) is 47.5 Å². The number of ether oxygens (including phenoxy) is 2. The molecule has 29 heavy (non-hydrogen) atoms. The molecular weight excluding hydrogens is 368 g/mol. The first kappa shape index (κ1) is 22.2. The minimum Gasteiger partial charge on any atom is -0.491 e. The number of benzene rings is 2. The maximum atomic E-state index is 11.8.